The molecule has 2 amide bonds. The lowest BCUT2D eigenvalue weighted by Crippen LogP contribution is -2.42. The molecule has 1 aromatic carbocycles. The molecule has 0 aliphatic rings. The van der Waals surface area contributed by atoms with Gasteiger partial charge in [0.05, 0.1) is 13.1 Å². The van der Waals surface area contributed by atoms with Gasteiger partial charge in [-0.1, -0.05) is 36.4 Å². The van der Waals surface area contributed by atoms with E-state index in [0.717, 1.165) is 10.4 Å². The smallest absolute Gasteiger partial charge is 0.246 e. The van der Waals surface area contributed by atoms with Gasteiger partial charge in [-0.25, -0.2) is 0 Å². The average molecular weight is 384 g/mol. The number of nitrogens with zero attached hydrogens (tertiary/aromatic N) is 5. The van der Waals surface area contributed by atoms with Crippen molar-refractivity contribution in [3.63, 3.8) is 0 Å². The number of thiophene rings is 1. The van der Waals surface area contributed by atoms with Crippen molar-refractivity contribution in [3.8, 4) is 11.4 Å². The van der Waals surface area contributed by atoms with Gasteiger partial charge in [-0.05, 0) is 23.6 Å². The standard InChI is InChI=1S/C18H20N6O2S/c1-2-23(12-16(25)19-11-15-9-6-10-27-15)17(26)13-24-21-18(20-22-24)14-7-4-3-5-8-14/h3-10H,2,11-13H2,1H3,(H,19,25). The van der Waals surface area contributed by atoms with Crippen LogP contribution < -0.4 is 5.32 Å². The van der Waals surface area contributed by atoms with Crippen LogP contribution in [0.25, 0.3) is 11.4 Å². The summed E-state index contributed by atoms with van der Waals surface area (Å²) >= 11 is 1.58. The predicted molar refractivity (Wildman–Crippen MR) is 102 cm³/mol. The van der Waals surface area contributed by atoms with E-state index in [1.165, 1.54) is 9.70 Å². The molecule has 1 N–H and O–H groups in total. The largest absolute Gasteiger partial charge is 0.350 e. The minimum Gasteiger partial charge on any atom is -0.350 e. The minimum atomic E-state index is -0.235. The molecular formula is C18H20N6O2S. The van der Waals surface area contributed by atoms with Gasteiger partial charge in [-0.15, -0.1) is 21.5 Å². The molecule has 0 saturated heterocycles. The van der Waals surface area contributed by atoms with Crippen molar-refractivity contribution < 1.29 is 9.59 Å². The van der Waals surface area contributed by atoms with Gasteiger partial charge in [0.1, 0.15) is 6.54 Å². The van der Waals surface area contributed by atoms with E-state index in [1.54, 1.807) is 11.3 Å². The molecule has 2 heterocycles. The highest BCUT2D eigenvalue weighted by atomic mass is 32.1. The Morgan fingerprint density at radius 2 is 2.00 bits per heavy atom. The Bertz CT molecular complexity index is 878. The fraction of sp³-hybridized carbons (Fsp3) is 0.278. The van der Waals surface area contributed by atoms with Gasteiger partial charge >= 0.3 is 0 Å². The van der Waals surface area contributed by atoms with Crippen LogP contribution in [-0.2, 0) is 22.7 Å². The maximum absolute atomic E-state index is 12.5. The molecule has 0 radical (unpaired) electrons. The zero-order chi connectivity index (χ0) is 19.1. The number of tetrazole rings is 1. The molecule has 0 spiro atoms. The average Bonchev–Trinajstić information content (AvgIpc) is 3.37. The number of rotatable bonds is 8. The van der Waals surface area contributed by atoms with Gasteiger partial charge in [0.25, 0.3) is 0 Å². The van der Waals surface area contributed by atoms with Crippen molar-refractivity contribution in [1.82, 2.24) is 30.4 Å². The maximum atomic E-state index is 12.5. The Hall–Kier alpha value is -3.07. The van der Waals surface area contributed by atoms with Gasteiger partial charge in [0.2, 0.25) is 17.6 Å². The number of nitrogens with one attached hydrogen (secondary N) is 1. The molecule has 0 atom stereocenters. The number of aromatic nitrogens is 4. The van der Waals surface area contributed by atoms with Crippen LogP contribution in [0.2, 0.25) is 0 Å². The number of benzene rings is 1. The molecule has 0 saturated carbocycles. The quantitative estimate of drug-likeness (QED) is 0.636. The molecule has 140 valence electrons. The van der Waals surface area contributed by atoms with E-state index in [9.17, 15) is 9.59 Å². The lowest BCUT2D eigenvalue weighted by Gasteiger charge is -2.19. The Morgan fingerprint density at radius 3 is 2.70 bits per heavy atom. The molecule has 0 aliphatic carbocycles. The van der Waals surface area contributed by atoms with Crippen molar-refractivity contribution in [1.29, 1.82) is 0 Å². The number of likely N-dealkylation sites (N-methyl/N-ethyl adjacent to an activating group) is 1. The highest BCUT2D eigenvalue weighted by Gasteiger charge is 2.17. The summed E-state index contributed by atoms with van der Waals surface area (Å²) in [5.74, 6) is 0.0241. The monoisotopic (exact) mass is 384 g/mol. The molecule has 0 fully saturated rings. The number of amides is 2. The lowest BCUT2D eigenvalue weighted by atomic mass is 10.2. The maximum Gasteiger partial charge on any atom is 0.246 e. The highest BCUT2D eigenvalue weighted by molar-refractivity contribution is 7.09. The summed E-state index contributed by atoms with van der Waals surface area (Å²) in [7, 11) is 0. The van der Waals surface area contributed by atoms with E-state index >= 15 is 0 Å². The summed E-state index contributed by atoms with van der Waals surface area (Å²) in [6, 6.07) is 13.3. The second-order valence-electron chi connectivity index (χ2n) is 5.77. The molecule has 3 aromatic rings. The SMILES string of the molecule is CCN(CC(=O)NCc1cccs1)C(=O)Cn1nnc(-c2ccccc2)n1. The van der Waals surface area contributed by atoms with Gasteiger partial charge in [-0.2, -0.15) is 4.80 Å². The van der Waals surface area contributed by atoms with Gasteiger partial charge in [-0.3, -0.25) is 9.59 Å². The molecule has 0 unspecified atom stereocenters. The third-order valence-electron chi connectivity index (χ3n) is 3.87. The van der Waals surface area contributed by atoms with Crippen molar-refractivity contribution >= 4 is 23.2 Å². The Kier molecular flexibility index (Phi) is 6.26. The first-order chi connectivity index (χ1) is 13.2. The molecule has 27 heavy (non-hydrogen) atoms. The molecule has 9 heteroatoms. The van der Waals surface area contributed by atoms with Crippen LogP contribution in [0.4, 0.5) is 0 Å². The van der Waals surface area contributed by atoms with E-state index < -0.39 is 0 Å². The van der Waals surface area contributed by atoms with E-state index in [4.69, 9.17) is 0 Å². The van der Waals surface area contributed by atoms with Crippen LogP contribution in [0, 0.1) is 0 Å². The van der Waals surface area contributed by atoms with Gasteiger partial charge in [0.15, 0.2) is 0 Å². The molecule has 0 aliphatic heterocycles. The Morgan fingerprint density at radius 1 is 1.19 bits per heavy atom. The lowest BCUT2D eigenvalue weighted by molar-refractivity contribution is -0.136. The van der Waals surface area contributed by atoms with Crippen LogP contribution in [0.3, 0.4) is 0 Å². The molecule has 3 rings (SSSR count). The van der Waals surface area contributed by atoms with Crippen LogP contribution in [-0.4, -0.2) is 50.0 Å². The summed E-state index contributed by atoms with van der Waals surface area (Å²) < 4.78 is 0. The molecule has 2 aromatic heterocycles. The second-order valence-corrected chi connectivity index (χ2v) is 6.81. The fourth-order valence-electron chi connectivity index (χ4n) is 2.44. The van der Waals surface area contributed by atoms with Gasteiger partial charge in [0, 0.05) is 17.0 Å². The summed E-state index contributed by atoms with van der Waals surface area (Å²) in [5.41, 5.74) is 0.830. The third-order valence-corrected chi connectivity index (χ3v) is 4.75. The van der Waals surface area contributed by atoms with Crippen molar-refractivity contribution in [2.24, 2.45) is 0 Å². The van der Waals surface area contributed by atoms with Crippen molar-refractivity contribution in [3.05, 3.63) is 52.7 Å². The number of carbonyl (C=O) groups excluding carboxylic acids is 2. The van der Waals surface area contributed by atoms with E-state index in [1.807, 2.05) is 54.8 Å². The van der Waals surface area contributed by atoms with Crippen LogP contribution in [0.1, 0.15) is 11.8 Å². The summed E-state index contributed by atoms with van der Waals surface area (Å²) in [5, 5.41) is 16.9. The second kappa shape index (κ2) is 9.04. The normalized spacial score (nSPS) is 10.6. The van der Waals surface area contributed by atoms with Crippen LogP contribution >= 0.6 is 11.3 Å². The van der Waals surface area contributed by atoms with Crippen molar-refractivity contribution in [2.75, 3.05) is 13.1 Å². The summed E-state index contributed by atoms with van der Waals surface area (Å²) in [6.07, 6.45) is 0. The van der Waals surface area contributed by atoms with Crippen LogP contribution in [0.15, 0.2) is 47.8 Å². The summed E-state index contributed by atoms with van der Waals surface area (Å²) in [4.78, 5) is 28.4. The van der Waals surface area contributed by atoms with E-state index in [0.29, 0.717) is 18.9 Å². The topological polar surface area (TPSA) is 93.0 Å². The fourth-order valence-corrected chi connectivity index (χ4v) is 3.08. The summed E-state index contributed by atoms with van der Waals surface area (Å²) in [6.45, 7) is 2.65. The molecular weight excluding hydrogens is 364 g/mol. The predicted octanol–water partition coefficient (Wildman–Crippen LogP) is 1.57. The third kappa shape index (κ3) is 5.20. The molecule has 0 bridgehead atoms. The van der Waals surface area contributed by atoms with Crippen LogP contribution in [0.5, 0.6) is 0 Å². The Labute approximate surface area is 160 Å². The van der Waals surface area contributed by atoms with Crippen molar-refractivity contribution in [2.45, 2.75) is 20.0 Å². The number of hydrogen-bond donors (Lipinski definition) is 1. The zero-order valence-corrected chi connectivity index (χ0v) is 15.7. The van der Waals surface area contributed by atoms with E-state index in [-0.39, 0.29) is 24.9 Å². The highest BCUT2D eigenvalue weighted by Crippen LogP contribution is 2.11. The number of carbonyl (C=O) groups is 2. The first-order valence-corrected chi connectivity index (χ1v) is 9.43. The number of hydrogen-bond acceptors (Lipinski definition) is 6. The van der Waals surface area contributed by atoms with Gasteiger partial charge < -0.3 is 10.2 Å². The van der Waals surface area contributed by atoms with E-state index in [2.05, 4.69) is 20.7 Å². The minimum absolute atomic E-state index is 0.000941. The first kappa shape index (κ1) is 18.7. The Balaban J connectivity index is 1.54. The molecule has 8 nitrogen and oxygen atoms in total. The first-order valence-electron chi connectivity index (χ1n) is 8.55. The zero-order valence-electron chi connectivity index (χ0n) is 14.9.